The van der Waals surface area contributed by atoms with Gasteiger partial charge in [0, 0.05) is 6.54 Å². The topological polar surface area (TPSA) is 38.8 Å². The maximum absolute atomic E-state index is 11.9. The van der Waals surface area contributed by atoms with E-state index in [4.69, 9.17) is 21.2 Å². The number of esters is 1. The number of hydroxylamine groups is 2. The Kier molecular flexibility index (Phi) is 1.89. The molecule has 4 nitrogen and oxygen atoms in total. The molecule has 2 aliphatic heterocycles. The summed E-state index contributed by atoms with van der Waals surface area (Å²) in [6, 6.07) is -0.00545. The molecule has 2 atom stereocenters. The fourth-order valence-electron chi connectivity index (χ4n) is 2.88. The van der Waals surface area contributed by atoms with Gasteiger partial charge in [-0.3, -0.25) is 4.84 Å². The van der Waals surface area contributed by atoms with Crippen molar-refractivity contribution >= 4 is 17.6 Å². The monoisotopic (exact) mass is 231 g/mol. The molecule has 1 spiro atoms. The first-order valence-corrected chi connectivity index (χ1v) is 5.75. The average Bonchev–Trinajstić information content (AvgIpc) is 2.80. The van der Waals surface area contributed by atoms with Crippen LogP contribution in [0.5, 0.6) is 0 Å². The van der Waals surface area contributed by atoms with Crippen LogP contribution in [0.25, 0.3) is 0 Å². The van der Waals surface area contributed by atoms with Gasteiger partial charge in [0.05, 0.1) is 13.2 Å². The molecule has 5 heteroatoms. The van der Waals surface area contributed by atoms with Gasteiger partial charge >= 0.3 is 5.97 Å². The second kappa shape index (κ2) is 2.87. The van der Waals surface area contributed by atoms with Crippen molar-refractivity contribution in [3.05, 3.63) is 0 Å². The highest BCUT2D eigenvalue weighted by Gasteiger charge is 2.75. The molecule has 3 fully saturated rings. The summed E-state index contributed by atoms with van der Waals surface area (Å²) in [5.41, 5.74) is -0.466. The van der Waals surface area contributed by atoms with E-state index in [1.807, 2.05) is 5.06 Å². The first kappa shape index (κ1) is 9.87. The van der Waals surface area contributed by atoms with E-state index in [0.29, 0.717) is 0 Å². The number of hydrogen-bond acceptors (Lipinski definition) is 4. The molecule has 1 saturated carbocycles. The Hall–Kier alpha value is -0.320. The van der Waals surface area contributed by atoms with Crippen molar-refractivity contribution in [3.63, 3.8) is 0 Å². The van der Waals surface area contributed by atoms with E-state index in [-0.39, 0.29) is 12.0 Å². The van der Waals surface area contributed by atoms with Crippen molar-refractivity contribution in [2.75, 3.05) is 13.7 Å². The Morgan fingerprint density at radius 1 is 1.60 bits per heavy atom. The smallest absolute Gasteiger partial charge is 0.331 e. The van der Waals surface area contributed by atoms with Crippen molar-refractivity contribution in [1.82, 2.24) is 5.06 Å². The van der Waals surface area contributed by atoms with Crippen LogP contribution in [0.4, 0.5) is 0 Å². The van der Waals surface area contributed by atoms with Crippen molar-refractivity contribution in [3.8, 4) is 0 Å². The number of hydrogen-bond donors (Lipinski definition) is 0. The third-order valence-electron chi connectivity index (χ3n) is 3.80. The molecule has 3 rings (SSSR count). The Labute approximate surface area is 93.4 Å². The molecule has 3 aliphatic rings. The first-order valence-electron chi connectivity index (χ1n) is 5.37. The van der Waals surface area contributed by atoms with Crippen LogP contribution in [0.2, 0.25) is 0 Å². The Morgan fingerprint density at radius 3 is 2.93 bits per heavy atom. The zero-order valence-corrected chi connectivity index (χ0v) is 9.42. The lowest BCUT2D eigenvalue weighted by atomic mass is 9.90. The largest absolute Gasteiger partial charge is 0.468 e. The van der Waals surface area contributed by atoms with Crippen LogP contribution in [-0.2, 0) is 14.4 Å². The molecule has 0 radical (unpaired) electrons. The van der Waals surface area contributed by atoms with Crippen molar-refractivity contribution in [2.24, 2.45) is 0 Å². The van der Waals surface area contributed by atoms with E-state index in [1.165, 1.54) is 7.11 Å². The van der Waals surface area contributed by atoms with E-state index in [1.54, 1.807) is 0 Å². The third kappa shape index (κ3) is 1.02. The summed E-state index contributed by atoms with van der Waals surface area (Å²) in [6.45, 7) is 0.873. The van der Waals surface area contributed by atoms with Gasteiger partial charge in [0.15, 0.2) is 4.87 Å². The van der Waals surface area contributed by atoms with Gasteiger partial charge in [0.1, 0.15) is 5.60 Å². The quantitative estimate of drug-likeness (QED) is 0.500. The van der Waals surface area contributed by atoms with Gasteiger partial charge in [-0.1, -0.05) is 0 Å². The standard InChI is InChI=1S/C10H14ClNO3/c1-14-8(13)10(11)7-3-2-6-12(7)15-9(10)4-5-9/h7H,2-6H2,1H3/t7-,10+/m1/s1. The fraction of sp³-hybridized carbons (Fsp3) is 0.900. The Balaban J connectivity index is 1.99. The van der Waals surface area contributed by atoms with Crippen LogP contribution in [0.15, 0.2) is 0 Å². The second-order valence-corrected chi connectivity index (χ2v) is 5.18. The van der Waals surface area contributed by atoms with Gasteiger partial charge in [-0.2, -0.15) is 5.06 Å². The molecule has 1 aliphatic carbocycles. The van der Waals surface area contributed by atoms with E-state index in [0.717, 1.165) is 32.2 Å². The lowest BCUT2D eigenvalue weighted by Gasteiger charge is -2.27. The summed E-state index contributed by atoms with van der Waals surface area (Å²) in [5, 5.41) is 1.89. The van der Waals surface area contributed by atoms with Crippen LogP contribution in [-0.4, -0.2) is 41.2 Å². The molecule has 0 bridgehead atoms. The zero-order valence-electron chi connectivity index (χ0n) is 8.66. The summed E-state index contributed by atoms with van der Waals surface area (Å²) in [4.78, 5) is 16.7. The van der Waals surface area contributed by atoms with Gasteiger partial charge in [-0.05, 0) is 25.7 Å². The summed E-state index contributed by atoms with van der Waals surface area (Å²) in [6.07, 6.45) is 3.67. The highest BCUT2D eigenvalue weighted by atomic mass is 35.5. The number of rotatable bonds is 1. The molecule has 84 valence electrons. The van der Waals surface area contributed by atoms with Gasteiger partial charge < -0.3 is 4.74 Å². The Morgan fingerprint density at radius 2 is 2.33 bits per heavy atom. The molecule has 0 amide bonds. The van der Waals surface area contributed by atoms with Gasteiger partial charge in [-0.15, -0.1) is 11.6 Å². The number of methoxy groups -OCH3 is 1. The first-order chi connectivity index (χ1) is 7.14. The van der Waals surface area contributed by atoms with E-state index in [9.17, 15) is 4.79 Å². The molecule has 0 aromatic rings. The third-order valence-corrected chi connectivity index (χ3v) is 4.56. The maximum Gasteiger partial charge on any atom is 0.331 e. The molecular formula is C10H14ClNO3. The van der Waals surface area contributed by atoms with Crippen LogP contribution in [0, 0.1) is 0 Å². The molecule has 0 unspecified atom stereocenters. The van der Waals surface area contributed by atoms with Gasteiger partial charge in [0.2, 0.25) is 0 Å². The minimum atomic E-state index is -0.974. The summed E-state index contributed by atoms with van der Waals surface area (Å²) in [5.74, 6) is -0.337. The molecule has 0 N–H and O–H groups in total. The molecular weight excluding hydrogens is 218 g/mol. The lowest BCUT2D eigenvalue weighted by Crippen LogP contribution is -2.51. The predicted octanol–water partition coefficient (Wildman–Crippen LogP) is 1.08. The second-order valence-electron chi connectivity index (χ2n) is 4.59. The number of nitrogens with zero attached hydrogens (tertiary/aromatic N) is 1. The Bertz CT molecular complexity index is 318. The molecule has 0 aromatic carbocycles. The van der Waals surface area contributed by atoms with Crippen LogP contribution < -0.4 is 0 Å². The highest BCUT2D eigenvalue weighted by molar-refractivity contribution is 6.36. The fourth-order valence-corrected chi connectivity index (χ4v) is 3.40. The van der Waals surface area contributed by atoms with Gasteiger partial charge in [0.25, 0.3) is 0 Å². The number of fused-ring (bicyclic) bond motifs is 1. The SMILES string of the molecule is COC(=O)[C@@]1(Cl)[C@H]2CCCN2OC12CC2. The van der Waals surface area contributed by atoms with Gasteiger partial charge in [-0.25, -0.2) is 4.79 Å². The van der Waals surface area contributed by atoms with Crippen molar-refractivity contribution < 1.29 is 14.4 Å². The molecule has 15 heavy (non-hydrogen) atoms. The number of alkyl halides is 1. The highest BCUT2D eigenvalue weighted by Crippen LogP contribution is 2.61. The number of carbonyl (C=O) groups excluding carboxylic acids is 1. The zero-order chi connectivity index (χ0) is 10.7. The minimum Gasteiger partial charge on any atom is -0.468 e. The summed E-state index contributed by atoms with van der Waals surface area (Å²) >= 11 is 6.54. The summed E-state index contributed by atoms with van der Waals surface area (Å²) in [7, 11) is 1.39. The summed E-state index contributed by atoms with van der Waals surface area (Å²) < 4.78 is 4.84. The number of ether oxygens (including phenoxy) is 1. The predicted molar refractivity (Wildman–Crippen MR) is 53.4 cm³/mol. The van der Waals surface area contributed by atoms with E-state index < -0.39 is 10.5 Å². The number of halogens is 1. The van der Waals surface area contributed by atoms with Crippen LogP contribution in [0.1, 0.15) is 25.7 Å². The van der Waals surface area contributed by atoms with Crippen molar-refractivity contribution in [2.45, 2.75) is 42.2 Å². The van der Waals surface area contributed by atoms with E-state index >= 15 is 0 Å². The molecule has 2 saturated heterocycles. The molecule has 2 heterocycles. The molecule has 0 aromatic heterocycles. The average molecular weight is 232 g/mol. The van der Waals surface area contributed by atoms with Crippen LogP contribution in [0.3, 0.4) is 0 Å². The van der Waals surface area contributed by atoms with Crippen LogP contribution >= 0.6 is 11.6 Å². The number of carbonyl (C=O) groups is 1. The minimum absolute atomic E-state index is 0.00545. The van der Waals surface area contributed by atoms with E-state index in [2.05, 4.69) is 0 Å². The normalized spacial score (nSPS) is 41.9. The lowest BCUT2D eigenvalue weighted by molar-refractivity contribution is -0.162. The van der Waals surface area contributed by atoms with Crippen molar-refractivity contribution in [1.29, 1.82) is 0 Å². The maximum atomic E-state index is 11.9.